The van der Waals surface area contributed by atoms with Crippen LogP contribution in [-0.4, -0.2) is 22.5 Å². The van der Waals surface area contributed by atoms with Crippen LogP contribution in [0.3, 0.4) is 0 Å². The van der Waals surface area contributed by atoms with E-state index in [9.17, 15) is 10.0 Å². The molecule has 6 rings (SSSR count). The molecule has 4 fully saturated rings. The van der Waals surface area contributed by atoms with Crippen LogP contribution in [0.2, 0.25) is 0 Å². The predicted octanol–water partition coefficient (Wildman–Crippen LogP) is 4.34. The second kappa shape index (κ2) is 5.07. The van der Waals surface area contributed by atoms with Crippen molar-refractivity contribution in [3.63, 3.8) is 0 Å². The average Bonchev–Trinajstić information content (AvgIpc) is 3.30. The number of hydrogen-bond acceptors (Lipinski definition) is 4. The first kappa shape index (κ1) is 16.4. The summed E-state index contributed by atoms with van der Waals surface area (Å²) >= 11 is 0. The molecule has 3 unspecified atom stereocenters. The summed E-state index contributed by atoms with van der Waals surface area (Å²) in [6, 6.07) is 0. The smallest absolute Gasteiger partial charge is 0.331 e. The van der Waals surface area contributed by atoms with Crippen molar-refractivity contribution in [1.29, 1.82) is 0 Å². The fraction of sp³-hybridized carbons (Fsp3) is 0.739. The summed E-state index contributed by atoms with van der Waals surface area (Å²) in [6.07, 6.45) is 12.8. The zero-order valence-electron chi connectivity index (χ0n) is 16.2. The minimum absolute atomic E-state index is 0.103. The van der Waals surface area contributed by atoms with Crippen LogP contribution in [-0.2, 0) is 9.53 Å². The number of rotatable bonds is 0. The molecule has 0 saturated heterocycles. The first-order valence-corrected chi connectivity index (χ1v) is 10.8. The number of allylic oxidation sites excluding steroid dienone is 2. The molecule has 0 amide bonds. The van der Waals surface area contributed by atoms with Crippen molar-refractivity contribution in [2.45, 2.75) is 58.0 Å². The molecule has 1 aliphatic heterocycles. The maximum atomic E-state index is 12.0. The maximum absolute atomic E-state index is 12.0. The van der Waals surface area contributed by atoms with Crippen LogP contribution in [0.4, 0.5) is 0 Å². The van der Waals surface area contributed by atoms with Crippen molar-refractivity contribution in [1.82, 2.24) is 0 Å². The summed E-state index contributed by atoms with van der Waals surface area (Å²) in [5, 5.41) is 12.7. The van der Waals surface area contributed by atoms with Gasteiger partial charge in [-0.25, -0.2) is 4.79 Å². The number of ether oxygens (including phenoxy) is 1. The van der Waals surface area contributed by atoms with Gasteiger partial charge in [-0.2, -0.15) is 0 Å². The molecule has 9 atom stereocenters. The second-order valence-electron chi connectivity index (χ2n) is 10.4. The highest BCUT2D eigenvalue weighted by atomic mass is 16.6. The second-order valence-corrected chi connectivity index (χ2v) is 10.4. The third kappa shape index (κ3) is 1.85. The summed E-state index contributed by atoms with van der Waals surface area (Å²) in [4.78, 5) is 12.0. The highest BCUT2D eigenvalue weighted by Crippen LogP contribution is 2.78. The molecule has 6 aliphatic rings. The van der Waals surface area contributed by atoms with E-state index in [1.165, 1.54) is 24.8 Å². The number of esters is 1. The van der Waals surface area contributed by atoms with E-state index in [1.54, 1.807) is 6.08 Å². The first-order valence-electron chi connectivity index (χ1n) is 10.8. The molecule has 5 aliphatic carbocycles. The highest BCUT2D eigenvalue weighted by Gasteiger charge is 2.78. The van der Waals surface area contributed by atoms with Crippen LogP contribution in [0, 0.1) is 46.8 Å². The van der Waals surface area contributed by atoms with Gasteiger partial charge in [-0.05, 0) is 86.2 Å². The van der Waals surface area contributed by atoms with Gasteiger partial charge in [0.05, 0.1) is 5.71 Å². The number of nitrogens with zero attached hydrogens (tertiary/aromatic N) is 1. The zero-order valence-corrected chi connectivity index (χ0v) is 16.2. The molecule has 4 heteroatoms. The van der Waals surface area contributed by atoms with Gasteiger partial charge in [0.2, 0.25) is 0 Å². The fourth-order valence-corrected chi connectivity index (χ4v) is 8.60. The Morgan fingerprint density at radius 3 is 2.89 bits per heavy atom. The lowest BCUT2D eigenvalue weighted by Gasteiger charge is -2.58. The van der Waals surface area contributed by atoms with E-state index >= 15 is 0 Å². The Morgan fingerprint density at radius 2 is 2.15 bits per heavy atom. The number of carbonyl (C=O) groups excluding carboxylic acids is 1. The van der Waals surface area contributed by atoms with Gasteiger partial charge in [-0.3, -0.25) is 0 Å². The Morgan fingerprint density at radius 1 is 1.30 bits per heavy atom. The molecular weight excluding hydrogens is 338 g/mol. The van der Waals surface area contributed by atoms with Gasteiger partial charge in [-0.15, -0.1) is 0 Å². The van der Waals surface area contributed by atoms with E-state index < -0.39 is 0 Å². The summed E-state index contributed by atoms with van der Waals surface area (Å²) in [7, 11) is 0. The van der Waals surface area contributed by atoms with Crippen molar-refractivity contribution in [2.24, 2.45) is 52.0 Å². The molecule has 1 heterocycles. The minimum Gasteiger partial charge on any atom is -0.451 e. The summed E-state index contributed by atoms with van der Waals surface area (Å²) < 4.78 is 6.08. The molecule has 0 aromatic heterocycles. The zero-order chi connectivity index (χ0) is 18.6. The molecule has 4 nitrogen and oxygen atoms in total. The van der Waals surface area contributed by atoms with E-state index in [0.717, 1.165) is 42.7 Å². The SMILES string of the molecule is C[C@H]1CC2=C/C(=N\O)CC[C@@H]2C2CC[C@@]3(C)C(C21)[C@H]1C[C@H]1[C@@]31C=CC(=O)O1. The normalized spacial score (nSPS) is 56.2. The Bertz CT molecular complexity index is 812. The third-order valence-electron chi connectivity index (χ3n) is 9.52. The van der Waals surface area contributed by atoms with E-state index in [4.69, 9.17) is 4.74 Å². The predicted molar refractivity (Wildman–Crippen MR) is 101 cm³/mol. The Kier molecular flexibility index (Phi) is 3.07. The molecule has 0 radical (unpaired) electrons. The van der Waals surface area contributed by atoms with Gasteiger partial charge in [0.25, 0.3) is 0 Å². The number of carbonyl (C=O) groups is 1. The standard InChI is InChI=1S/C23H29NO3/c1-12-9-13-10-14(24-26)3-4-15(13)16-5-7-22(2)21(20(12)16)17-11-18(17)23(22)8-6-19(25)27-23/h6,8,10,12,15-18,20-21,26H,3-5,7,9,11H2,1-2H3/b24-14-/t12-,15-,16?,17-,18+,20?,21?,22-,23-/m0/s1. The van der Waals surface area contributed by atoms with E-state index in [2.05, 4.69) is 31.2 Å². The average molecular weight is 367 g/mol. The van der Waals surface area contributed by atoms with Crippen molar-refractivity contribution < 1.29 is 14.7 Å². The molecule has 1 N–H and O–H groups in total. The van der Waals surface area contributed by atoms with Gasteiger partial charge in [0.15, 0.2) is 0 Å². The van der Waals surface area contributed by atoms with Crippen LogP contribution < -0.4 is 0 Å². The highest BCUT2D eigenvalue weighted by molar-refractivity contribution is 5.96. The van der Waals surface area contributed by atoms with E-state index in [1.807, 2.05) is 0 Å². The van der Waals surface area contributed by atoms with Crippen LogP contribution in [0.15, 0.2) is 29.0 Å². The number of oxime groups is 1. The molecule has 4 saturated carbocycles. The lowest BCUT2D eigenvalue weighted by molar-refractivity contribution is -0.169. The lowest BCUT2D eigenvalue weighted by atomic mass is 9.47. The van der Waals surface area contributed by atoms with Crippen LogP contribution >= 0.6 is 0 Å². The number of hydrogen-bond donors (Lipinski definition) is 1. The number of fused-ring (bicyclic) bond motifs is 9. The van der Waals surface area contributed by atoms with Gasteiger partial charge in [0, 0.05) is 17.4 Å². The first-order chi connectivity index (χ1) is 13.0. The Balaban J connectivity index is 1.39. The van der Waals surface area contributed by atoms with Crippen LogP contribution in [0.5, 0.6) is 0 Å². The lowest BCUT2D eigenvalue weighted by Crippen LogP contribution is -2.56. The van der Waals surface area contributed by atoms with Crippen LogP contribution in [0.25, 0.3) is 0 Å². The Labute approximate surface area is 160 Å². The van der Waals surface area contributed by atoms with E-state index in [0.29, 0.717) is 23.7 Å². The van der Waals surface area contributed by atoms with Gasteiger partial charge < -0.3 is 9.94 Å². The van der Waals surface area contributed by atoms with Crippen molar-refractivity contribution in [3.05, 3.63) is 23.8 Å². The molecule has 144 valence electrons. The van der Waals surface area contributed by atoms with Gasteiger partial charge >= 0.3 is 5.97 Å². The quantitative estimate of drug-likeness (QED) is 0.393. The van der Waals surface area contributed by atoms with Gasteiger partial charge in [0.1, 0.15) is 5.60 Å². The molecular formula is C23H29NO3. The minimum atomic E-state index is -0.316. The monoisotopic (exact) mass is 367 g/mol. The Hall–Kier alpha value is -1.58. The molecule has 0 bridgehead atoms. The van der Waals surface area contributed by atoms with Crippen molar-refractivity contribution in [3.8, 4) is 0 Å². The van der Waals surface area contributed by atoms with Crippen molar-refractivity contribution >= 4 is 11.7 Å². The topological polar surface area (TPSA) is 58.9 Å². The molecule has 0 aromatic rings. The van der Waals surface area contributed by atoms with Gasteiger partial charge in [-0.1, -0.05) is 24.6 Å². The fourth-order valence-electron chi connectivity index (χ4n) is 8.60. The van der Waals surface area contributed by atoms with Crippen molar-refractivity contribution in [2.75, 3.05) is 0 Å². The molecule has 27 heavy (non-hydrogen) atoms. The largest absolute Gasteiger partial charge is 0.451 e. The molecule has 0 aromatic carbocycles. The summed E-state index contributed by atoms with van der Waals surface area (Å²) in [5.74, 6) is 4.64. The summed E-state index contributed by atoms with van der Waals surface area (Å²) in [5.41, 5.74) is 2.17. The van der Waals surface area contributed by atoms with E-state index in [-0.39, 0.29) is 17.0 Å². The summed E-state index contributed by atoms with van der Waals surface area (Å²) in [6.45, 7) is 4.86. The maximum Gasteiger partial charge on any atom is 0.331 e. The van der Waals surface area contributed by atoms with Crippen LogP contribution in [0.1, 0.15) is 52.4 Å². The third-order valence-corrected chi connectivity index (χ3v) is 9.52. The molecule has 1 spiro atoms.